The SMILES string of the molecule is C#CCN(CCC)c1cc(C)ccc1C(=O)O. The Morgan fingerprint density at radius 1 is 1.53 bits per heavy atom. The van der Waals surface area contributed by atoms with Crippen molar-refractivity contribution in [2.75, 3.05) is 18.0 Å². The summed E-state index contributed by atoms with van der Waals surface area (Å²) in [7, 11) is 0. The molecule has 0 unspecified atom stereocenters. The van der Waals surface area contributed by atoms with Gasteiger partial charge in [-0.2, -0.15) is 0 Å². The zero-order valence-corrected chi connectivity index (χ0v) is 10.2. The molecule has 17 heavy (non-hydrogen) atoms. The molecule has 0 fully saturated rings. The average Bonchev–Trinajstić information content (AvgIpc) is 2.28. The van der Waals surface area contributed by atoms with Crippen molar-refractivity contribution < 1.29 is 9.90 Å². The zero-order chi connectivity index (χ0) is 12.8. The molecule has 0 aliphatic heterocycles. The number of nitrogens with zero attached hydrogens (tertiary/aromatic N) is 1. The summed E-state index contributed by atoms with van der Waals surface area (Å²) in [6, 6.07) is 5.30. The van der Waals surface area contributed by atoms with E-state index in [9.17, 15) is 4.79 Å². The van der Waals surface area contributed by atoms with E-state index in [1.54, 1.807) is 12.1 Å². The lowest BCUT2D eigenvalue weighted by Crippen LogP contribution is -2.26. The van der Waals surface area contributed by atoms with Gasteiger partial charge in [0, 0.05) is 6.54 Å². The van der Waals surface area contributed by atoms with Crippen LogP contribution in [0.1, 0.15) is 29.3 Å². The minimum Gasteiger partial charge on any atom is -0.478 e. The molecule has 0 aliphatic rings. The van der Waals surface area contributed by atoms with Crippen LogP contribution in [0.4, 0.5) is 5.69 Å². The van der Waals surface area contributed by atoms with Crippen molar-refractivity contribution in [2.45, 2.75) is 20.3 Å². The van der Waals surface area contributed by atoms with Gasteiger partial charge >= 0.3 is 5.97 Å². The molecular formula is C14H17NO2. The summed E-state index contributed by atoms with van der Waals surface area (Å²) in [5.74, 6) is 1.65. The number of hydrogen-bond donors (Lipinski definition) is 1. The Labute approximate surface area is 102 Å². The van der Waals surface area contributed by atoms with Gasteiger partial charge in [0.25, 0.3) is 0 Å². The summed E-state index contributed by atoms with van der Waals surface area (Å²) >= 11 is 0. The Morgan fingerprint density at radius 3 is 2.76 bits per heavy atom. The van der Waals surface area contributed by atoms with Crippen LogP contribution in [0.2, 0.25) is 0 Å². The lowest BCUT2D eigenvalue weighted by atomic mass is 10.1. The lowest BCUT2D eigenvalue weighted by Gasteiger charge is -2.23. The van der Waals surface area contributed by atoms with Crippen LogP contribution in [0, 0.1) is 19.3 Å². The number of rotatable bonds is 5. The summed E-state index contributed by atoms with van der Waals surface area (Å²) in [5.41, 5.74) is 2.04. The molecule has 1 N–H and O–H groups in total. The molecule has 0 heterocycles. The highest BCUT2D eigenvalue weighted by Gasteiger charge is 2.14. The smallest absolute Gasteiger partial charge is 0.337 e. The quantitative estimate of drug-likeness (QED) is 0.792. The van der Waals surface area contributed by atoms with Gasteiger partial charge in [-0.15, -0.1) is 6.42 Å². The standard InChI is InChI=1S/C14H17NO2/c1-4-8-15(9-5-2)13-10-11(3)6-7-12(13)14(16)17/h1,6-7,10H,5,8-9H2,2-3H3,(H,16,17). The Bertz CT molecular complexity index is 446. The molecule has 0 aliphatic carbocycles. The number of carbonyl (C=O) groups is 1. The molecule has 1 rings (SSSR count). The van der Waals surface area contributed by atoms with Crippen molar-refractivity contribution in [1.29, 1.82) is 0 Å². The van der Waals surface area contributed by atoms with E-state index >= 15 is 0 Å². The van der Waals surface area contributed by atoms with E-state index in [2.05, 4.69) is 5.92 Å². The van der Waals surface area contributed by atoms with Gasteiger partial charge in [0.2, 0.25) is 0 Å². The minimum absolute atomic E-state index is 0.305. The lowest BCUT2D eigenvalue weighted by molar-refractivity contribution is 0.0697. The summed E-state index contributed by atoms with van der Waals surface area (Å²) in [6.45, 7) is 5.17. The summed E-state index contributed by atoms with van der Waals surface area (Å²) in [5, 5.41) is 9.16. The first-order valence-corrected chi connectivity index (χ1v) is 5.62. The molecule has 0 atom stereocenters. The maximum Gasteiger partial charge on any atom is 0.337 e. The molecule has 0 bridgehead atoms. The topological polar surface area (TPSA) is 40.5 Å². The van der Waals surface area contributed by atoms with Crippen molar-refractivity contribution in [3.63, 3.8) is 0 Å². The van der Waals surface area contributed by atoms with Crippen molar-refractivity contribution in [3.05, 3.63) is 29.3 Å². The monoisotopic (exact) mass is 231 g/mol. The number of aromatic carboxylic acids is 1. The number of aryl methyl sites for hydroxylation is 1. The van der Waals surface area contributed by atoms with Gasteiger partial charge in [0.1, 0.15) is 0 Å². The zero-order valence-electron chi connectivity index (χ0n) is 10.2. The number of terminal acetylenes is 1. The molecule has 3 nitrogen and oxygen atoms in total. The van der Waals surface area contributed by atoms with Gasteiger partial charge in [-0.25, -0.2) is 4.79 Å². The molecule has 0 saturated heterocycles. The number of benzene rings is 1. The number of anilines is 1. The van der Waals surface area contributed by atoms with Gasteiger partial charge in [0.15, 0.2) is 0 Å². The van der Waals surface area contributed by atoms with Crippen molar-refractivity contribution in [2.24, 2.45) is 0 Å². The molecular weight excluding hydrogens is 214 g/mol. The highest BCUT2D eigenvalue weighted by molar-refractivity contribution is 5.94. The average molecular weight is 231 g/mol. The van der Waals surface area contributed by atoms with Gasteiger partial charge in [0.05, 0.1) is 17.8 Å². The van der Waals surface area contributed by atoms with E-state index in [1.807, 2.05) is 24.8 Å². The fourth-order valence-corrected chi connectivity index (χ4v) is 1.75. The fourth-order valence-electron chi connectivity index (χ4n) is 1.75. The largest absolute Gasteiger partial charge is 0.478 e. The Kier molecular flexibility index (Phi) is 4.59. The third-order valence-electron chi connectivity index (χ3n) is 2.50. The predicted octanol–water partition coefficient (Wildman–Crippen LogP) is 2.54. The Hall–Kier alpha value is -1.95. The molecule has 0 amide bonds. The number of hydrogen-bond acceptors (Lipinski definition) is 2. The fraction of sp³-hybridized carbons (Fsp3) is 0.357. The van der Waals surface area contributed by atoms with Crippen LogP contribution in [0.5, 0.6) is 0 Å². The van der Waals surface area contributed by atoms with Crippen LogP contribution in [0.25, 0.3) is 0 Å². The molecule has 3 heteroatoms. The summed E-state index contributed by atoms with van der Waals surface area (Å²) < 4.78 is 0. The van der Waals surface area contributed by atoms with E-state index in [0.717, 1.165) is 18.5 Å². The third kappa shape index (κ3) is 3.25. The van der Waals surface area contributed by atoms with Crippen LogP contribution < -0.4 is 4.90 Å². The van der Waals surface area contributed by atoms with E-state index in [4.69, 9.17) is 11.5 Å². The van der Waals surface area contributed by atoms with Crippen molar-refractivity contribution in [3.8, 4) is 12.3 Å². The predicted molar refractivity (Wildman–Crippen MR) is 69.5 cm³/mol. The second kappa shape index (κ2) is 5.95. The molecule has 0 aromatic heterocycles. The Balaban J connectivity index is 3.19. The first-order valence-electron chi connectivity index (χ1n) is 5.62. The molecule has 1 aromatic rings. The molecule has 0 saturated carbocycles. The van der Waals surface area contributed by atoms with Gasteiger partial charge in [-0.1, -0.05) is 18.9 Å². The maximum atomic E-state index is 11.2. The van der Waals surface area contributed by atoms with Crippen LogP contribution in [0.3, 0.4) is 0 Å². The van der Waals surface area contributed by atoms with E-state index in [1.165, 1.54) is 0 Å². The van der Waals surface area contributed by atoms with Crippen LogP contribution in [-0.4, -0.2) is 24.2 Å². The summed E-state index contributed by atoms with van der Waals surface area (Å²) in [4.78, 5) is 13.1. The van der Waals surface area contributed by atoms with Gasteiger partial charge < -0.3 is 10.0 Å². The van der Waals surface area contributed by atoms with Crippen LogP contribution >= 0.6 is 0 Å². The highest BCUT2D eigenvalue weighted by atomic mass is 16.4. The first kappa shape index (κ1) is 13.1. The maximum absolute atomic E-state index is 11.2. The second-order valence-electron chi connectivity index (χ2n) is 3.95. The Morgan fingerprint density at radius 2 is 2.24 bits per heavy atom. The van der Waals surface area contributed by atoms with Gasteiger partial charge in [-0.05, 0) is 31.0 Å². The van der Waals surface area contributed by atoms with E-state index < -0.39 is 5.97 Å². The number of carboxylic acids is 1. The molecule has 90 valence electrons. The normalized spacial score (nSPS) is 9.71. The van der Waals surface area contributed by atoms with Crippen molar-refractivity contribution >= 4 is 11.7 Å². The second-order valence-corrected chi connectivity index (χ2v) is 3.95. The highest BCUT2D eigenvalue weighted by Crippen LogP contribution is 2.22. The van der Waals surface area contributed by atoms with Crippen LogP contribution in [0.15, 0.2) is 18.2 Å². The summed E-state index contributed by atoms with van der Waals surface area (Å²) in [6.07, 6.45) is 6.25. The first-order chi connectivity index (χ1) is 8.10. The van der Waals surface area contributed by atoms with Crippen LogP contribution in [-0.2, 0) is 0 Å². The van der Waals surface area contributed by atoms with E-state index in [-0.39, 0.29) is 0 Å². The molecule has 0 spiro atoms. The minimum atomic E-state index is -0.918. The number of carboxylic acid groups (broad SMARTS) is 1. The molecule has 0 radical (unpaired) electrons. The third-order valence-corrected chi connectivity index (χ3v) is 2.50. The molecule has 1 aromatic carbocycles. The van der Waals surface area contributed by atoms with Gasteiger partial charge in [-0.3, -0.25) is 0 Å². The van der Waals surface area contributed by atoms with E-state index in [0.29, 0.717) is 17.8 Å². The van der Waals surface area contributed by atoms with Crippen molar-refractivity contribution in [1.82, 2.24) is 0 Å².